The van der Waals surface area contributed by atoms with Crippen LogP contribution in [-0.2, 0) is 4.79 Å². The minimum atomic E-state index is -0.599. The topological polar surface area (TPSA) is 107 Å². The summed E-state index contributed by atoms with van der Waals surface area (Å²) in [6, 6.07) is 16.4. The van der Waals surface area contributed by atoms with Gasteiger partial charge in [-0.25, -0.2) is 0 Å². The number of aryl methyl sites for hydroxylation is 1. The molecular weight excluding hydrogens is 490 g/mol. The van der Waals surface area contributed by atoms with Crippen LogP contribution >= 0.6 is 15.9 Å². The Bertz CT molecular complexity index is 1170. The molecule has 0 aliphatic heterocycles. The summed E-state index contributed by atoms with van der Waals surface area (Å²) in [5.74, 6) is 1.92. The number of hydrogen-bond acceptors (Lipinski definition) is 7. The molecule has 1 N–H and O–H groups in total. The average Bonchev–Trinajstić information content (AvgIpc) is 3.21. The number of para-hydroxylation sites is 1. The fourth-order valence-electron chi connectivity index (χ4n) is 2.82. The lowest BCUT2D eigenvalue weighted by Crippen LogP contribution is -2.13. The van der Waals surface area contributed by atoms with Crippen molar-refractivity contribution in [1.29, 1.82) is 5.26 Å². The van der Waals surface area contributed by atoms with Crippen molar-refractivity contribution in [3.8, 4) is 23.3 Å². The number of carbonyl (C=O) groups is 1. The second kappa shape index (κ2) is 11.7. The van der Waals surface area contributed by atoms with Gasteiger partial charge >= 0.3 is 0 Å². The summed E-state index contributed by atoms with van der Waals surface area (Å²) in [7, 11) is 0. The van der Waals surface area contributed by atoms with E-state index in [2.05, 4.69) is 26.4 Å². The Balaban J connectivity index is 1.73. The van der Waals surface area contributed by atoms with Gasteiger partial charge in [-0.3, -0.25) is 4.79 Å². The zero-order valence-electron chi connectivity index (χ0n) is 18.1. The first-order chi connectivity index (χ1) is 16.0. The first-order valence-corrected chi connectivity index (χ1v) is 10.9. The summed E-state index contributed by atoms with van der Waals surface area (Å²) in [5.41, 5.74) is 0.483. The maximum absolute atomic E-state index is 12.4. The Kier molecular flexibility index (Phi) is 8.49. The summed E-state index contributed by atoms with van der Waals surface area (Å²) in [5, 5.41) is 15.7. The first kappa shape index (κ1) is 23.9. The Morgan fingerprint density at radius 2 is 1.94 bits per heavy atom. The lowest BCUT2D eigenvalue weighted by molar-refractivity contribution is -0.112. The molecule has 1 aromatic heterocycles. The minimum Gasteiger partial charge on any atom is -0.490 e. The van der Waals surface area contributed by atoms with Crippen molar-refractivity contribution in [3.05, 3.63) is 69.9 Å². The highest BCUT2D eigenvalue weighted by Crippen LogP contribution is 2.37. The minimum absolute atomic E-state index is 0.102. The van der Waals surface area contributed by atoms with E-state index in [1.807, 2.05) is 43.3 Å². The SMILES string of the molecule is CCOc1cc(C=C(C#N)C(=O)Nc2cc(C)on2)cc(Br)c1OCCOc1ccccc1. The number of amides is 1. The predicted molar refractivity (Wildman–Crippen MR) is 126 cm³/mol. The number of nitriles is 1. The summed E-state index contributed by atoms with van der Waals surface area (Å²) in [6.45, 7) is 4.62. The molecule has 0 bridgehead atoms. The normalized spacial score (nSPS) is 10.9. The van der Waals surface area contributed by atoms with Crippen molar-refractivity contribution >= 4 is 33.7 Å². The van der Waals surface area contributed by atoms with Gasteiger partial charge in [0, 0.05) is 6.07 Å². The molecule has 1 amide bonds. The van der Waals surface area contributed by atoms with Gasteiger partial charge in [0.2, 0.25) is 0 Å². The number of ether oxygens (including phenoxy) is 3. The molecule has 0 aliphatic carbocycles. The molecule has 8 nitrogen and oxygen atoms in total. The highest BCUT2D eigenvalue weighted by molar-refractivity contribution is 9.10. The fourth-order valence-corrected chi connectivity index (χ4v) is 3.39. The monoisotopic (exact) mass is 511 g/mol. The van der Waals surface area contributed by atoms with Crippen LogP contribution in [0.4, 0.5) is 5.82 Å². The van der Waals surface area contributed by atoms with Crippen molar-refractivity contribution in [2.45, 2.75) is 13.8 Å². The third-order valence-electron chi connectivity index (χ3n) is 4.22. The molecule has 3 aromatic rings. The summed E-state index contributed by atoms with van der Waals surface area (Å²) < 4.78 is 22.8. The number of aromatic nitrogens is 1. The second-order valence-electron chi connectivity index (χ2n) is 6.72. The molecule has 2 aromatic carbocycles. The summed E-state index contributed by atoms with van der Waals surface area (Å²) in [6.07, 6.45) is 1.46. The van der Waals surface area contributed by atoms with Gasteiger partial charge in [-0.15, -0.1) is 0 Å². The fraction of sp³-hybridized carbons (Fsp3) is 0.208. The number of carbonyl (C=O) groups excluding carboxylic acids is 1. The number of rotatable bonds is 10. The van der Waals surface area contributed by atoms with E-state index >= 15 is 0 Å². The molecule has 3 rings (SSSR count). The summed E-state index contributed by atoms with van der Waals surface area (Å²) >= 11 is 3.49. The highest BCUT2D eigenvalue weighted by Gasteiger charge is 2.15. The van der Waals surface area contributed by atoms with Crippen molar-refractivity contribution in [2.75, 3.05) is 25.1 Å². The summed E-state index contributed by atoms with van der Waals surface area (Å²) in [4.78, 5) is 12.4. The van der Waals surface area contributed by atoms with Crippen LogP contribution in [0.15, 0.2) is 63.1 Å². The Morgan fingerprint density at radius 3 is 2.61 bits per heavy atom. The molecule has 0 atom stereocenters. The largest absolute Gasteiger partial charge is 0.490 e. The average molecular weight is 512 g/mol. The molecule has 0 unspecified atom stereocenters. The third kappa shape index (κ3) is 6.85. The standard InChI is InChI=1S/C24H22BrN3O5/c1-3-30-21-14-17(12-18(15-26)24(29)27-22-11-16(2)33-28-22)13-20(25)23(21)32-10-9-31-19-7-5-4-6-8-19/h4-8,11-14H,3,9-10H2,1-2H3,(H,27,28,29). The van der Waals surface area contributed by atoms with E-state index in [0.717, 1.165) is 5.75 Å². The van der Waals surface area contributed by atoms with Gasteiger partial charge in [0.15, 0.2) is 17.3 Å². The Hall–Kier alpha value is -3.77. The zero-order valence-corrected chi connectivity index (χ0v) is 19.7. The maximum atomic E-state index is 12.4. The van der Waals surface area contributed by atoms with E-state index in [9.17, 15) is 10.1 Å². The van der Waals surface area contributed by atoms with Crippen molar-refractivity contribution in [2.24, 2.45) is 0 Å². The van der Waals surface area contributed by atoms with E-state index in [1.54, 1.807) is 25.1 Å². The molecule has 33 heavy (non-hydrogen) atoms. The molecular formula is C24H22BrN3O5. The Morgan fingerprint density at radius 1 is 1.18 bits per heavy atom. The second-order valence-corrected chi connectivity index (χ2v) is 7.57. The molecule has 9 heteroatoms. The Labute approximate surface area is 199 Å². The van der Waals surface area contributed by atoms with Crippen LogP contribution in [0, 0.1) is 18.3 Å². The molecule has 1 heterocycles. The molecule has 170 valence electrons. The number of halogens is 1. The number of hydrogen-bond donors (Lipinski definition) is 1. The highest BCUT2D eigenvalue weighted by atomic mass is 79.9. The molecule has 0 fully saturated rings. The van der Waals surface area contributed by atoms with Crippen LogP contribution < -0.4 is 19.5 Å². The van der Waals surface area contributed by atoms with Crippen LogP contribution in [0.1, 0.15) is 18.2 Å². The van der Waals surface area contributed by atoms with Crippen molar-refractivity contribution < 1.29 is 23.5 Å². The maximum Gasteiger partial charge on any atom is 0.267 e. The van der Waals surface area contributed by atoms with Gasteiger partial charge in [-0.2, -0.15) is 5.26 Å². The molecule has 0 saturated carbocycles. The van der Waals surface area contributed by atoms with Gasteiger partial charge in [0.1, 0.15) is 36.4 Å². The number of nitrogens with one attached hydrogen (secondary N) is 1. The predicted octanol–water partition coefficient (Wildman–Crippen LogP) is 5.15. The molecule has 0 aliphatic rings. The quantitative estimate of drug-likeness (QED) is 0.228. The zero-order chi connectivity index (χ0) is 23.6. The third-order valence-corrected chi connectivity index (χ3v) is 4.81. The lowest BCUT2D eigenvalue weighted by atomic mass is 10.1. The number of benzene rings is 2. The van der Waals surface area contributed by atoms with Gasteiger partial charge in [-0.1, -0.05) is 23.4 Å². The van der Waals surface area contributed by atoms with Crippen LogP contribution in [0.3, 0.4) is 0 Å². The van der Waals surface area contributed by atoms with E-state index in [0.29, 0.717) is 47.1 Å². The van der Waals surface area contributed by atoms with Crippen molar-refractivity contribution in [3.63, 3.8) is 0 Å². The van der Waals surface area contributed by atoms with Gasteiger partial charge < -0.3 is 24.1 Å². The van der Waals surface area contributed by atoms with Gasteiger partial charge in [0.05, 0.1) is 11.1 Å². The van der Waals surface area contributed by atoms with Crippen LogP contribution in [0.25, 0.3) is 6.08 Å². The lowest BCUT2D eigenvalue weighted by Gasteiger charge is -2.15. The van der Waals surface area contributed by atoms with Crippen LogP contribution in [-0.4, -0.2) is 30.9 Å². The van der Waals surface area contributed by atoms with E-state index < -0.39 is 5.91 Å². The van der Waals surface area contributed by atoms with E-state index in [4.69, 9.17) is 18.7 Å². The van der Waals surface area contributed by atoms with Gasteiger partial charge in [-0.05, 0) is 65.7 Å². The van der Waals surface area contributed by atoms with Crippen LogP contribution in [0.5, 0.6) is 17.2 Å². The van der Waals surface area contributed by atoms with Crippen LogP contribution in [0.2, 0.25) is 0 Å². The first-order valence-electron chi connectivity index (χ1n) is 10.1. The van der Waals surface area contributed by atoms with E-state index in [-0.39, 0.29) is 11.4 Å². The molecule has 0 spiro atoms. The smallest absolute Gasteiger partial charge is 0.267 e. The van der Waals surface area contributed by atoms with E-state index in [1.165, 1.54) is 6.08 Å². The van der Waals surface area contributed by atoms with Gasteiger partial charge in [0.25, 0.3) is 5.91 Å². The number of anilines is 1. The van der Waals surface area contributed by atoms with Crippen molar-refractivity contribution in [1.82, 2.24) is 5.16 Å². The number of nitrogens with zero attached hydrogens (tertiary/aromatic N) is 2. The molecule has 0 saturated heterocycles. The molecule has 0 radical (unpaired) electrons.